The van der Waals surface area contributed by atoms with Gasteiger partial charge in [-0.1, -0.05) is 0 Å². The fourth-order valence-electron chi connectivity index (χ4n) is 2.34. The molecule has 0 atom stereocenters. The molecule has 0 radical (unpaired) electrons. The Kier molecular flexibility index (Phi) is 5.56. The van der Waals surface area contributed by atoms with E-state index in [1.807, 2.05) is 26.0 Å². The van der Waals surface area contributed by atoms with E-state index in [0.717, 1.165) is 17.2 Å². The first-order valence-corrected chi connectivity index (χ1v) is 9.09. The second kappa shape index (κ2) is 8.05. The van der Waals surface area contributed by atoms with Crippen LogP contribution >= 0.6 is 11.5 Å². The Morgan fingerprint density at radius 3 is 2.33 bits per heavy atom. The average Bonchev–Trinajstić information content (AvgIpc) is 2.98. The molecule has 0 unspecified atom stereocenters. The minimum Gasteiger partial charge on any atom is -0.457 e. The Bertz CT molecular complexity index is 992. The molecule has 0 aliphatic rings. The largest absolute Gasteiger partial charge is 0.457 e. The van der Waals surface area contributed by atoms with Gasteiger partial charge in [0.1, 0.15) is 33.7 Å². The molecule has 0 bridgehead atoms. The number of nitrogens with two attached hydrogens (primary N) is 1. The van der Waals surface area contributed by atoms with Crippen LogP contribution in [0.25, 0.3) is 0 Å². The maximum Gasteiger partial charge on any atom is 0.271 e. The number of nitrogens with zero attached hydrogens (tertiary/aromatic N) is 1. The second-order valence-corrected chi connectivity index (χ2v) is 6.87. The number of aromatic amines is 1. The zero-order valence-electron chi connectivity index (χ0n) is 14.8. The van der Waals surface area contributed by atoms with Crippen LogP contribution in [0.3, 0.4) is 0 Å². The topological polar surface area (TPSA) is 92.5 Å². The Hall–Kier alpha value is -3.13. The number of H-pyrrole nitrogens is 1. The van der Waals surface area contributed by atoms with E-state index >= 15 is 0 Å². The summed E-state index contributed by atoms with van der Waals surface area (Å²) in [5.41, 5.74) is 6.78. The molecule has 27 heavy (non-hydrogen) atoms. The first-order chi connectivity index (χ1) is 12.9. The van der Waals surface area contributed by atoms with Crippen molar-refractivity contribution in [2.45, 2.75) is 19.9 Å². The van der Waals surface area contributed by atoms with E-state index in [0.29, 0.717) is 22.1 Å². The number of hydrogen-bond donors (Lipinski definition) is 3. The quantitative estimate of drug-likeness (QED) is 0.437. The molecule has 1 heterocycles. The van der Waals surface area contributed by atoms with Crippen molar-refractivity contribution in [1.82, 2.24) is 4.37 Å². The van der Waals surface area contributed by atoms with Crippen LogP contribution < -0.4 is 21.3 Å². The summed E-state index contributed by atoms with van der Waals surface area (Å²) in [6, 6.07) is 12.9. The Morgan fingerprint density at radius 1 is 1.15 bits per heavy atom. The zero-order chi connectivity index (χ0) is 19.4. The Morgan fingerprint density at radius 2 is 1.74 bits per heavy atom. The first-order valence-electron chi connectivity index (χ1n) is 8.28. The molecule has 6 nitrogen and oxygen atoms in total. The lowest BCUT2D eigenvalue weighted by atomic mass is 10.2. The molecule has 3 rings (SSSR count). The number of rotatable bonds is 6. The highest BCUT2D eigenvalue weighted by Crippen LogP contribution is 2.26. The Balaban J connectivity index is 1.76. The second-order valence-electron chi connectivity index (χ2n) is 6.05. The Labute approximate surface area is 159 Å². The van der Waals surface area contributed by atoms with Gasteiger partial charge >= 0.3 is 0 Å². The van der Waals surface area contributed by atoms with Crippen LogP contribution in [-0.4, -0.2) is 16.3 Å². The predicted molar refractivity (Wildman–Crippen MR) is 107 cm³/mol. The summed E-state index contributed by atoms with van der Waals surface area (Å²) in [6.07, 6.45) is 0. The number of aromatic nitrogens is 1. The van der Waals surface area contributed by atoms with Crippen molar-refractivity contribution in [2.75, 3.05) is 5.32 Å². The maximum absolute atomic E-state index is 12.9. The number of anilines is 2. The number of aliphatic imine (C=N–C) groups is 1. The van der Waals surface area contributed by atoms with E-state index in [1.54, 1.807) is 24.3 Å². The van der Waals surface area contributed by atoms with E-state index in [1.165, 1.54) is 12.1 Å². The van der Waals surface area contributed by atoms with Gasteiger partial charge in [-0.05, 0) is 73.9 Å². The standard InChI is InChI=1S/C19H19FN4O2S/c1-11(2)22-17(21)16-18(25)24-27-19(16)23-13-5-9-15(10-6-13)26-14-7-3-12(20)4-8-14/h3-11,23H,1-2H3,(H2,21,22)(H,24,25). The van der Waals surface area contributed by atoms with E-state index in [9.17, 15) is 9.18 Å². The molecule has 0 saturated heterocycles. The average molecular weight is 386 g/mol. The van der Waals surface area contributed by atoms with Gasteiger partial charge in [-0.15, -0.1) is 0 Å². The predicted octanol–water partition coefficient (Wildman–Crippen LogP) is 4.23. The number of hydrogen-bond acceptors (Lipinski definition) is 5. The molecular formula is C19H19FN4O2S. The number of nitrogens with one attached hydrogen (secondary N) is 2. The SMILES string of the molecule is CC(C)N=C(N)c1c(Nc2ccc(Oc3ccc(F)cc3)cc2)s[nH]c1=O. The van der Waals surface area contributed by atoms with Gasteiger partial charge in [0.05, 0.1) is 0 Å². The van der Waals surface area contributed by atoms with Crippen molar-refractivity contribution in [2.24, 2.45) is 10.7 Å². The van der Waals surface area contributed by atoms with Gasteiger partial charge in [-0.2, -0.15) is 0 Å². The fourth-order valence-corrected chi connectivity index (χ4v) is 3.11. The summed E-state index contributed by atoms with van der Waals surface area (Å²) >= 11 is 1.16. The third kappa shape index (κ3) is 4.73. The lowest BCUT2D eigenvalue weighted by molar-refractivity contribution is 0.480. The van der Waals surface area contributed by atoms with Gasteiger partial charge in [-0.3, -0.25) is 14.2 Å². The van der Waals surface area contributed by atoms with Gasteiger partial charge < -0.3 is 15.8 Å². The van der Waals surface area contributed by atoms with Crippen LogP contribution in [0.5, 0.6) is 11.5 Å². The molecule has 1 aromatic heterocycles. The third-order valence-electron chi connectivity index (χ3n) is 3.51. The minimum atomic E-state index is -0.316. The molecule has 2 aromatic carbocycles. The van der Waals surface area contributed by atoms with Crippen molar-refractivity contribution < 1.29 is 9.13 Å². The molecule has 140 valence electrons. The lowest BCUT2D eigenvalue weighted by Crippen LogP contribution is -2.23. The van der Waals surface area contributed by atoms with E-state index in [-0.39, 0.29) is 23.3 Å². The number of benzene rings is 2. The molecule has 0 aliphatic carbocycles. The number of amidine groups is 1. The summed E-state index contributed by atoms with van der Waals surface area (Å²) in [6.45, 7) is 3.78. The van der Waals surface area contributed by atoms with Crippen LogP contribution in [-0.2, 0) is 0 Å². The van der Waals surface area contributed by atoms with Crippen molar-refractivity contribution in [3.05, 3.63) is 70.3 Å². The van der Waals surface area contributed by atoms with E-state index in [4.69, 9.17) is 10.5 Å². The molecule has 0 spiro atoms. The van der Waals surface area contributed by atoms with Gasteiger partial charge in [0.15, 0.2) is 0 Å². The highest BCUT2D eigenvalue weighted by molar-refractivity contribution is 7.10. The zero-order valence-corrected chi connectivity index (χ0v) is 15.6. The highest BCUT2D eigenvalue weighted by Gasteiger charge is 2.15. The lowest BCUT2D eigenvalue weighted by Gasteiger charge is -2.09. The summed E-state index contributed by atoms with van der Waals surface area (Å²) in [5, 5.41) is 3.76. The first kappa shape index (κ1) is 18.7. The molecular weight excluding hydrogens is 367 g/mol. The van der Waals surface area contributed by atoms with Crippen molar-refractivity contribution in [3.8, 4) is 11.5 Å². The summed E-state index contributed by atoms with van der Waals surface area (Å²) in [5.74, 6) is 1.03. The normalized spacial score (nSPS) is 11.6. The molecule has 0 saturated carbocycles. The van der Waals surface area contributed by atoms with Gasteiger partial charge in [0.2, 0.25) is 0 Å². The minimum absolute atomic E-state index is 0.0138. The number of ether oxygens (including phenoxy) is 1. The molecule has 8 heteroatoms. The van der Waals surface area contributed by atoms with Gasteiger partial charge in [-0.25, -0.2) is 4.39 Å². The van der Waals surface area contributed by atoms with Gasteiger partial charge in [0, 0.05) is 11.7 Å². The molecule has 0 fully saturated rings. The summed E-state index contributed by atoms with van der Waals surface area (Å²) in [4.78, 5) is 16.3. The van der Waals surface area contributed by atoms with Crippen LogP contribution in [0.2, 0.25) is 0 Å². The monoisotopic (exact) mass is 386 g/mol. The van der Waals surface area contributed by atoms with Crippen molar-refractivity contribution in [1.29, 1.82) is 0 Å². The molecule has 0 aliphatic heterocycles. The van der Waals surface area contributed by atoms with Crippen LogP contribution in [0.4, 0.5) is 15.1 Å². The third-order valence-corrected chi connectivity index (χ3v) is 4.31. The molecule has 4 N–H and O–H groups in total. The van der Waals surface area contributed by atoms with Crippen molar-refractivity contribution in [3.63, 3.8) is 0 Å². The van der Waals surface area contributed by atoms with Crippen LogP contribution in [0.1, 0.15) is 19.4 Å². The summed E-state index contributed by atoms with van der Waals surface area (Å²) in [7, 11) is 0. The van der Waals surface area contributed by atoms with E-state index in [2.05, 4.69) is 14.7 Å². The molecule has 0 amide bonds. The fraction of sp³-hybridized carbons (Fsp3) is 0.158. The van der Waals surface area contributed by atoms with Crippen LogP contribution in [0.15, 0.2) is 58.3 Å². The smallest absolute Gasteiger partial charge is 0.271 e. The highest BCUT2D eigenvalue weighted by atomic mass is 32.1. The summed E-state index contributed by atoms with van der Waals surface area (Å²) < 4.78 is 21.3. The van der Waals surface area contributed by atoms with Crippen LogP contribution in [0, 0.1) is 5.82 Å². The number of halogens is 1. The van der Waals surface area contributed by atoms with Gasteiger partial charge in [0.25, 0.3) is 5.56 Å². The van der Waals surface area contributed by atoms with E-state index < -0.39 is 0 Å². The van der Waals surface area contributed by atoms with Crippen molar-refractivity contribution >= 4 is 28.1 Å². The maximum atomic E-state index is 12.9. The molecule has 3 aromatic rings.